The Morgan fingerprint density at radius 1 is 1.26 bits per heavy atom. The Kier molecular flexibility index (Phi) is 5.44. The second-order valence-corrected chi connectivity index (χ2v) is 9.39. The number of aryl methyl sites for hydroxylation is 1. The van der Waals surface area contributed by atoms with Crippen molar-refractivity contribution in [2.24, 2.45) is 0 Å². The second-order valence-electron chi connectivity index (χ2n) is 6.72. The number of benzene rings is 1. The van der Waals surface area contributed by atoms with Crippen molar-refractivity contribution in [2.75, 3.05) is 18.1 Å². The van der Waals surface area contributed by atoms with Crippen molar-refractivity contribution in [3.05, 3.63) is 57.9 Å². The fourth-order valence-corrected chi connectivity index (χ4v) is 5.40. The summed E-state index contributed by atoms with van der Waals surface area (Å²) in [7, 11) is -3.03. The monoisotopic (exact) mass is 409 g/mol. The Morgan fingerprint density at radius 2 is 2.00 bits per heavy atom. The van der Waals surface area contributed by atoms with Gasteiger partial charge in [-0.25, -0.2) is 13.2 Å². The van der Waals surface area contributed by atoms with E-state index in [4.69, 9.17) is 16.3 Å². The highest BCUT2D eigenvalue weighted by molar-refractivity contribution is 7.91. The number of ether oxygens (including phenoxy) is 1. The molecule has 0 bridgehead atoms. The molecule has 1 fully saturated rings. The second kappa shape index (κ2) is 7.48. The summed E-state index contributed by atoms with van der Waals surface area (Å²) in [5.41, 5.74) is 2.23. The van der Waals surface area contributed by atoms with E-state index in [2.05, 4.69) is 0 Å². The molecule has 1 aromatic heterocycles. The molecule has 0 radical (unpaired) electrons. The van der Waals surface area contributed by atoms with Crippen LogP contribution in [0.4, 0.5) is 0 Å². The molecule has 8 heteroatoms. The van der Waals surface area contributed by atoms with Crippen LogP contribution in [0.3, 0.4) is 0 Å². The van der Waals surface area contributed by atoms with Gasteiger partial charge in [0.05, 0.1) is 17.1 Å². The minimum Gasteiger partial charge on any atom is -0.454 e. The average molecular weight is 410 g/mol. The number of ketones is 1. The van der Waals surface area contributed by atoms with E-state index >= 15 is 0 Å². The van der Waals surface area contributed by atoms with Crippen molar-refractivity contribution >= 4 is 33.2 Å². The van der Waals surface area contributed by atoms with Crippen molar-refractivity contribution in [1.29, 1.82) is 0 Å². The Labute approximate surface area is 163 Å². The SMILES string of the molecule is Cc1cc(C(=O)COC(=O)c2cccc(Cl)c2)c(C)n1C1CCS(=O)(=O)C1. The Balaban J connectivity index is 1.72. The largest absolute Gasteiger partial charge is 0.454 e. The van der Waals surface area contributed by atoms with Crippen molar-refractivity contribution < 1.29 is 22.7 Å². The van der Waals surface area contributed by atoms with Gasteiger partial charge in [0.1, 0.15) is 0 Å². The van der Waals surface area contributed by atoms with Crippen LogP contribution in [0.2, 0.25) is 5.02 Å². The van der Waals surface area contributed by atoms with Crippen LogP contribution in [0, 0.1) is 13.8 Å². The van der Waals surface area contributed by atoms with Gasteiger partial charge in [0.15, 0.2) is 16.4 Å². The summed E-state index contributed by atoms with van der Waals surface area (Å²) in [6.45, 7) is 3.23. The van der Waals surface area contributed by atoms with Crippen LogP contribution in [0.5, 0.6) is 0 Å². The van der Waals surface area contributed by atoms with Crippen molar-refractivity contribution in [3.63, 3.8) is 0 Å². The van der Waals surface area contributed by atoms with Crippen LogP contribution in [-0.4, -0.2) is 42.9 Å². The van der Waals surface area contributed by atoms with Crippen LogP contribution in [0.1, 0.15) is 44.6 Å². The number of carbonyl (C=O) groups is 2. The zero-order valence-electron chi connectivity index (χ0n) is 15.1. The van der Waals surface area contributed by atoms with Gasteiger partial charge in [-0.05, 0) is 44.5 Å². The highest BCUT2D eigenvalue weighted by Gasteiger charge is 2.31. The summed E-state index contributed by atoms with van der Waals surface area (Å²) >= 11 is 5.85. The molecule has 0 saturated carbocycles. The van der Waals surface area contributed by atoms with Gasteiger partial charge in [-0.1, -0.05) is 17.7 Å². The van der Waals surface area contributed by atoms with E-state index in [0.717, 1.165) is 5.69 Å². The zero-order chi connectivity index (χ0) is 19.8. The first-order valence-electron chi connectivity index (χ1n) is 8.52. The molecule has 1 atom stereocenters. The number of hydrogen-bond donors (Lipinski definition) is 0. The van der Waals surface area contributed by atoms with Gasteiger partial charge in [-0.15, -0.1) is 0 Å². The summed E-state index contributed by atoms with van der Waals surface area (Å²) < 4.78 is 30.5. The van der Waals surface area contributed by atoms with Crippen LogP contribution >= 0.6 is 11.6 Å². The van der Waals surface area contributed by atoms with Gasteiger partial charge in [0.2, 0.25) is 5.78 Å². The molecule has 0 spiro atoms. The number of hydrogen-bond acceptors (Lipinski definition) is 5. The third-order valence-corrected chi connectivity index (χ3v) is 6.74. The minimum atomic E-state index is -3.03. The number of esters is 1. The molecule has 2 aromatic rings. The van der Waals surface area contributed by atoms with E-state index in [-0.39, 0.29) is 28.9 Å². The standard InChI is InChI=1S/C19H20ClNO5S/c1-12-8-17(13(2)21(12)16-6-7-27(24,25)11-16)18(22)10-26-19(23)14-4-3-5-15(20)9-14/h3-5,8-9,16H,6-7,10-11H2,1-2H3. The molecule has 0 amide bonds. The Morgan fingerprint density at radius 3 is 2.63 bits per heavy atom. The number of sulfone groups is 1. The molecule has 1 aromatic carbocycles. The number of rotatable bonds is 5. The van der Waals surface area contributed by atoms with Crippen molar-refractivity contribution in [3.8, 4) is 0 Å². The molecule has 1 aliphatic heterocycles. The maximum Gasteiger partial charge on any atom is 0.338 e. The third-order valence-electron chi connectivity index (χ3n) is 4.75. The summed E-state index contributed by atoms with van der Waals surface area (Å²) in [6, 6.07) is 7.86. The van der Waals surface area contributed by atoms with Gasteiger partial charge in [0, 0.05) is 28.0 Å². The lowest BCUT2D eigenvalue weighted by Gasteiger charge is -2.16. The summed E-state index contributed by atoms with van der Waals surface area (Å²) in [4.78, 5) is 24.6. The quantitative estimate of drug-likeness (QED) is 0.559. The molecule has 0 N–H and O–H groups in total. The van der Waals surface area contributed by atoms with E-state index in [1.54, 1.807) is 31.2 Å². The van der Waals surface area contributed by atoms with Gasteiger partial charge < -0.3 is 9.30 Å². The Hall–Kier alpha value is -2.12. The van der Waals surface area contributed by atoms with Crippen LogP contribution in [0.15, 0.2) is 30.3 Å². The Bertz CT molecular complexity index is 1010. The molecule has 1 saturated heterocycles. The highest BCUT2D eigenvalue weighted by Crippen LogP contribution is 2.29. The molecule has 2 heterocycles. The molecule has 144 valence electrons. The van der Waals surface area contributed by atoms with Crippen LogP contribution in [-0.2, 0) is 14.6 Å². The number of carbonyl (C=O) groups excluding carboxylic acids is 2. The fraction of sp³-hybridized carbons (Fsp3) is 0.368. The first-order chi connectivity index (χ1) is 12.7. The highest BCUT2D eigenvalue weighted by atomic mass is 35.5. The van der Waals surface area contributed by atoms with Crippen LogP contribution < -0.4 is 0 Å². The van der Waals surface area contributed by atoms with Crippen molar-refractivity contribution in [1.82, 2.24) is 4.57 Å². The maximum absolute atomic E-state index is 12.5. The topological polar surface area (TPSA) is 82.4 Å². The maximum atomic E-state index is 12.5. The fourth-order valence-electron chi connectivity index (χ4n) is 3.51. The summed E-state index contributed by atoms with van der Waals surface area (Å²) in [6.07, 6.45) is 0.538. The first kappa shape index (κ1) is 19.6. The molecule has 27 heavy (non-hydrogen) atoms. The van der Waals surface area contributed by atoms with Gasteiger partial charge in [-0.2, -0.15) is 0 Å². The molecule has 0 aliphatic carbocycles. The van der Waals surface area contributed by atoms with E-state index in [9.17, 15) is 18.0 Å². The smallest absolute Gasteiger partial charge is 0.338 e. The zero-order valence-corrected chi connectivity index (χ0v) is 16.6. The molecule has 6 nitrogen and oxygen atoms in total. The first-order valence-corrected chi connectivity index (χ1v) is 10.7. The van der Waals surface area contributed by atoms with E-state index in [1.165, 1.54) is 6.07 Å². The van der Waals surface area contributed by atoms with E-state index in [1.807, 2.05) is 11.5 Å². The lowest BCUT2D eigenvalue weighted by Crippen LogP contribution is -2.17. The predicted octanol–water partition coefficient (Wildman–Crippen LogP) is 3.16. The molecule has 1 unspecified atom stereocenters. The molecular formula is C19H20ClNO5S. The normalized spacial score (nSPS) is 18.4. The lowest BCUT2D eigenvalue weighted by molar-refractivity contribution is 0.0474. The summed E-state index contributed by atoms with van der Waals surface area (Å²) in [5.74, 6) is -0.706. The predicted molar refractivity (Wildman–Crippen MR) is 102 cm³/mol. The van der Waals surface area contributed by atoms with Gasteiger partial charge in [-0.3, -0.25) is 4.79 Å². The number of nitrogens with zero attached hydrogens (tertiary/aromatic N) is 1. The average Bonchev–Trinajstić information content (AvgIpc) is 3.10. The van der Waals surface area contributed by atoms with E-state index in [0.29, 0.717) is 22.7 Å². The van der Waals surface area contributed by atoms with Gasteiger partial charge in [0.25, 0.3) is 0 Å². The third kappa shape index (κ3) is 4.25. The number of aromatic nitrogens is 1. The van der Waals surface area contributed by atoms with E-state index < -0.39 is 22.4 Å². The molecular weight excluding hydrogens is 390 g/mol. The number of Topliss-reactive ketones (excluding diaryl/α,β-unsaturated/α-hetero) is 1. The van der Waals surface area contributed by atoms with Gasteiger partial charge >= 0.3 is 5.97 Å². The lowest BCUT2D eigenvalue weighted by atomic mass is 10.1. The minimum absolute atomic E-state index is 0.0841. The number of halogens is 1. The molecule has 3 rings (SSSR count). The summed E-state index contributed by atoms with van der Waals surface area (Å²) in [5, 5.41) is 0.408. The molecule has 1 aliphatic rings. The van der Waals surface area contributed by atoms with Crippen LogP contribution in [0.25, 0.3) is 0 Å². The van der Waals surface area contributed by atoms with Crippen molar-refractivity contribution in [2.45, 2.75) is 26.3 Å².